The molecule has 0 N–H and O–H groups in total. The smallest absolute Gasteiger partial charge is 0.0718 e. The van der Waals surface area contributed by atoms with Crippen molar-refractivity contribution >= 4 is 0 Å². The maximum Gasteiger partial charge on any atom is 0.0718 e. The fraction of sp³-hybridized carbons (Fsp3) is 0.500. The fourth-order valence-electron chi connectivity index (χ4n) is 2.40. The molecule has 90 valence electrons. The summed E-state index contributed by atoms with van der Waals surface area (Å²) in [6.45, 7) is 4.57. The van der Waals surface area contributed by atoms with Crippen LogP contribution in [0.4, 0.5) is 0 Å². The molecule has 1 heteroatoms. The molecular weight excluding hydrogens is 206 g/mol. The lowest BCUT2D eigenvalue weighted by Gasteiger charge is -2.24. The summed E-state index contributed by atoms with van der Waals surface area (Å²) in [5, 5.41) is 0. The molecule has 0 bridgehead atoms. The van der Waals surface area contributed by atoms with Crippen LogP contribution in [0.2, 0.25) is 0 Å². The topological polar surface area (TPSA) is 3.24 Å². The number of rotatable bonds is 1. The Bertz CT molecular complexity index is 385. The van der Waals surface area contributed by atoms with Crippen molar-refractivity contribution < 1.29 is 0 Å². The molecular formula is C16H21N. The highest BCUT2D eigenvalue weighted by atomic mass is 15.1. The van der Waals surface area contributed by atoms with E-state index in [0.29, 0.717) is 6.04 Å². The molecule has 1 aliphatic heterocycles. The second-order valence-corrected chi connectivity index (χ2v) is 4.63. The van der Waals surface area contributed by atoms with E-state index < -0.39 is 0 Å². The molecule has 0 amide bonds. The Kier molecular flexibility index (Phi) is 4.64. The summed E-state index contributed by atoms with van der Waals surface area (Å²) in [5.41, 5.74) is 1.13. The van der Waals surface area contributed by atoms with Crippen LogP contribution < -0.4 is 0 Å². The summed E-state index contributed by atoms with van der Waals surface area (Å²) in [6.07, 6.45) is 5.25. The number of nitrogens with zero attached hydrogens (tertiary/aromatic N) is 1. The minimum absolute atomic E-state index is 0.461. The summed E-state index contributed by atoms with van der Waals surface area (Å²) >= 11 is 0. The third-order valence-electron chi connectivity index (χ3n) is 3.43. The van der Waals surface area contributed by atoms with Crippen LogP contribution in [0, 0.1) is 11.8 Å². The van der Waals surface area contributed by atoms with Gasteiger partial charge in [0.05, 0.1) is 6.04 Å². The van der Waals surface area contributed by atoms with Crippen molar-refractivity contribution in [1.82, 2.24) is 4.90 Å². The van der Waals surface area contributed by atoms with Gasteiger partial charge < -0.3 is 0 Å². The van der Waals surface area contributed by atoms with Gasteiger partial charge in [0.25, 0.3) is 0 Å². The van der Waals surface area contributed by atoms with Crippen molar-refractivity contribution in [3.8, 4) is 11.8 Å². The van der Waals surface area contributed by atoms with Crippen LogP contribution in [0.3, 0.4) is 0 Å². The zero-order chi connectivity index (χ0) is 11.9. The largest absolute Gasteiger partial charge is 0.290 e. The van der Waals surface area contributed by atoms with Gasteiger partial charge in [0.1, 0.15) is 0 Å². The predicted octanol–water partition coefficient (Wildman–Crippen LogP) is 3.30. The van der Waals surface area contributed by atoms with Gasteiger partial charge in [-0.25, -0.2) is 0 Å². The van der Waals surface area contributed by atoms with Crippen LogP contribution in [0.5, 0.6) is 0 Å². The van der Waals surface area contributed by atoms with Gasteiger partial charge in [-0.1, -0.05) is 49.8 Å². The molecule has 0 radical (unpaired) electrons. The summed E-state index contributed by atoms with van der Waals surface area (Å²) < 4.78 is 0. The zero-order valence-electron chi connectivity index (χ0n) is 10.7. The number of benzene rings is 1. The molecule has 1 aromatic carbocycles. The lowest BCUT2D eigenvalue weighted by Crippen LogP contribution is -2.33. The van der Waals surface area contributed by atoms with E-state index in [0.717, 1.165) is 12.1 Å². The lowest BCUT2D eigenvalue weighted by atomic mass is 10.1. The van der Waals surface area contributed by atoms with Crippen molar-refractivity contribution in [1.29, 1.82) is 0 Å². The fourth-order valence-corrected chi connectivity index (χ4v) is 2.40. The lowest BCUT2D eigenvalue weighted by molar-refractivity contribution is 0.254. The van der Waals surface area contributed by atoms with Gasteiger partial charge in [-0.15, -0.1) is 0 Å². The molecule has 1 aliphatic rings. The maximum absolute atomic E-state index is 3.45. The van der Waals surface area contributed by atoms with Crippen molar-refractivity contribution in [3.63, 3.8) is 0 Å². The predicted molar refractivity (Wildman–Crippen MR) is 72.8 cm³/mol. The first-order valence-corrected chi connectivity index (χ1v) is 6.71. The molecule has 1 atom stereocenters. The molecule has 0 saturated carbocycles. The van der Waals surface area contributed by atoms with Gasteiger partial charge >= 0.3 is 0 Å². The standard InChI is InChI=1S/C16H21N/c1-2-17-14-8-4-7-11-16(17)13-12-15-9-5-3-6-10-15/h3,5-6,9-10,16H,2,4,7-8,11,14H2,1H3. The number of hydrogen-bond acceptors (Lipinski definition) is 1. The van der Waals surface area contributed by atoms with Gasteiger partial charge in [-0.3, -0.25) is 4.90 Å². The molecule has 0 aliphatic carbocycles. The molecule has 1 unspecified atom stereocenters. The van der Waals surface area contributed by atoms with Crippen molar-refractivity contribution in [2.24, 2.45) is 0 Å². The zero-order valence-corrected chi connectivity index (χ0v) is 10.7. The third kappa shape index (κ3) is 3.61. The average molecular weight is 227 g/mol. The minimum Gasteiger partial charge on any atom is -0.290 e. The van der Waals surface area contributed by atoms with Crippen LogP contribution in [-0.4, -0.2) is 24.0 Å². The first kappa shape index (κ1) is 12.2. The third-order valence-corrected chi connectivity index (χ3v) is 3.43. The summed E-state index contributed by atoms with van der Waals surface area (Å²) in [5.74, 6) is 6.77. The van der Waals surface area contributed by atoms with E-state index in [-0.39, 0.29) is 0 Å². The van der Waals surface area contributed by atoms with Crippen molar-refractivity contribution in [3.05, 3.63) is 35.9 Å². The summed E-state index contributed by atoms with van der Waals surface area (Å²) in [4.78, 5) is 2.52. The SMILES string of the molecule is CCN1CCCCCC1C#Cc1ccccc1. The Morgan fingerprint density at radius 3 is 2.76 bits per heavy atom. The molecule has 1 nitrogen and oxygen atoms in total. The first-order valence-electron chi connectivity index (χ1n) is 6.71. The highest BCUT2D eigenvalue weighted by Crippen LogP contribution is 2.15. The van der Waals surface area contributed by atoms with E-state index in [1.54, 1.807) is 0 Å². The van der Waals surface area contributed by atoms with E-state index >= 15 is 0 Å². The second kappa shape index (κ2) is 6.47. The molecule has 0 aromatic heterocycles. The van der Waals surface area contributed by atoms with E-state index in [1.807, 2.05) is 6.07 Å². The highest BCUT2D eigenvalue weighted by molar-refractivity contribution is 5.34. The van der Waals surface area contributed by atoms with Crippen LogP contribution in [0.25, 0.3) is 0 Å². The Morgan fingerprint density at radius 1 is 1.18 bits per heavy atom. The Balaban J connectivity index is 2.07. The quantitative estimate of drug-likeness (QED) is 0.665. The Labute approximate surface area is 105 Å². The van der Waals surface area contributed by atoms with E-state index in [1.165, 1.54) is 32.2 Å². The molecule has 1 fully saturated rings. The maximum atomic E-state index is 3.45. The first-order chi connectivity index (χ1) is 8.40. The Hall–Kier alpha value is -1.26. The van der Waals surface area contributed by atoms with Crippen LogP contribution >= 0.6 is 0 Å². The molecule has 17 heavy (non-hydrogen) atoms. The molecule has 0 spiro atoms. The normalized spacial score (nSPS) is 21.4. The molecule has 1 aromatic rings. The van der Waals surface area contributed by atoms with Gasteiger partial charge in [0, 0.05) is 5.56 Å². The van der Waals surface area contributed by atoms with Gasteiger partial charge in [0.15, 0.2) is 0 Å². The van der Waals surface area contributed by atoms with E-state index in [9.17, 15) is 0 Å². The van der Waals surface area contributed by atoms with Crippen LogP contribution in [0.1, 0.15) is 38.2 Å². The van der Waals surface area contributed by atoms with Crippen LogP contribution in [0.15, 0.2) is 30.3 Å². The Morgan fingerprint density at radius 2 is 2.00 bits per heavy atom. The second-order valence-electron chi connectivity index (χ2n) is 4.63. The highest BCUT2D eigenvalue weighted by Gasteiger charge is 2.16. The monoisotopic (exact) mass is 227 g/mol. The molecule has 1 heterocycles. The van der Waals surface area contributed by atoms with Gasteiger partial charge in [-0.2, -0.15) is 0 Å². The van der Waals surface area contributed by atoms with E-state index in [2.05, 4.69) is 47.9 Å². The minimum atomic E-state index is 0.461. The summed E-state index contributed by atoms with van der Waals surface area (Å²) in [6, 6.07) is 10.8. The van der Waals surface area contributed by atoms with Crippen LogP contribution in [-0.2, 0) is 0 Å². The van der Waals surface area contributed by atoms with Crippen molar-refractivity contribution in [2.75, 3.05) is 13.1 Å². The summed E-state index contributed by atoms with van der Waals surface area (Å²) in [7, 11) is 0. The van der Waals surface area contributed by atoms with Gasteiger partial charge in [-0.05, 0) is 38.1 Å². The van der Waals surface area contributed by atoms with Gasteiger partial charge in [0.2, 0.25) is 0 Å². The number of likely N-dealkylation sites (tertiary alicyclic amines) is 1. The molecule has 1 saturated heterocycles. The average Bonchev–Trinajstić information content (AvgIpc) is 2.62. The molecule has 2 rings (SSSR count). The van der Waals surface area contributed by atoms with E-state index in [4.69, 9.17) is 0 Å². The number of hydrogen-bond donors (Lipinski definition) is 0. The van der Waals surface area contributed by atoms with Crippen molar-refractivity contribution in [2.45, 2.75) is 38.6 Å².